The van der Waals surface area contributed by atoms with E-state index in [4.69, 9.17) is 0 Å². The van der Waals surface area contributed by atoms with Gasteiger partial charge in [0, 0.05) is 26.2 Å². The highest BCUT2D eigenvalue weighted by Crippen LogP contribution is 2.39. The van der Waals surface area contributed by atoms with Crippen molar-refractivity contribution in [2.24, 2.45) is 17.3 Å². The van der Waals surface area contributed by atoms with Gasteiger partial charge in [0.25, 0.3) is 0 Å². The Kier molecular flexibility index (Phi) is 6.31. The summed E-state index contributed by atoms with van der Waals surface area (Å²) in [4.78, 5) is 2.64. The minimum absolute atomic E-state index is 0.369. The highest BCUT2D eigenvalue weighted by Gasteiger charge is 2.36. The third-order valence-electron chi connectivity index (χ3n) is 5.51. The van der Waals surface area contributed by atoms with Crippen LogP contribution in [0.25, 0.3) is 0 Å². The van der Waals surface area contributed by atoms with E-state index in [1.165, 1.54) is 58.2 Å². The lowest BCUT2D eigenvalue weighted by atomic mass is 9.70. The third-order valence-corrected chi connectivity index (χ3v) is 5.51. The monoisotopic (exact) mass is 282 g/mol. The third kappa shape index (κ3) is 4.44. The predicted octanol–water partition coefficient (Wildman–Crippen LogP) is 2.50. The van der Waals surface area contributed by atoms with Crippen molar-refractivity contribution in [3.05, 3.63) is 0 Å². The van der Waals surface area contributed by atoms with Crippen LogP contribution in [0.4, 0.5) is 0 Å². The molecule has 20 heavy (non-hydrogen) atoms. The number of piperidine rings is 1. The van der Waals surface area contributed by atoms with Gasteiger partial charge >= 0.3 is 0 Å². The van der Waals surface area contributed by atoms with Crippen molar-refractivity contribution in [3.63, 3.8) is 0 Å². The van der Waals surface area contributed by atoms with Gasteiger partial charge < -0.3 is 15.3 Å². The number of rotatable bonds is 6. The fourth-order valence-electron chi connectivity index (χ4n) is 4.07. The lowest BCUT2D eigenvalue weighted by Crippen LogP contribution is -2.49. The molecule has 0 aromatic heterocycles. The first-order valence-electron chi connectivity index (χ1n) is 8.71. The predicted molar refractivity (Wildman–Crippen MR) is 84.9 cm³/mol. The largest absolute Gasteiger partial charge is 0.396 e. The summed E-state index contributed by atoms with van der Waals surface area (Å²) in [6.45, 7) is 10.8. The summed E-state index contributed by atoms with van der Waals surface area (Å²) in [7, 11) is 0. The zero-order chi connectivity index (χ0) is 14.4. The van der Waals surface area contributed by atoms with Crippen LogP contribution in [0.2, 0.25) is 0 Å². The molecule has 1 unspecified atom stereocenters. The van der Waals surface area contributed by atoms with E-state index in [-0.39, 0.29) is 0 Å². The molecule has 1 aliphatic heterocycles. The molecule has 0 bridgehead atoms. The topological polar surface area (TPSA) is 35.5 Å². The molecule has 1 heterocycles. The molecule has 0 spiro atoms. The van der Waals surface area contributed by atoms with E-state index in [0.29, 0.717) is 17.9 Å². The first-order chi connectivity index (χ1) is 9.67. The molecule has 118 valence electrons. The van der Waals surface area contributed by atoms with Gasteiger partial charge in [0.05, 0.1) is 0 Å². The van der Waals surface area contributed by atoms with Crippen LogP contribution in [0.15, 0.2) is 0 Å². The average molecular weight is 282 g/mol. The molecular weight excluding hydrogens is 248 g/mol. The quantitative estimate of drug-likeness (QED) is 0.786. The fourth-order valence-corrected chi connectivity index (χ4v) is 4.07. The molecule has 2 fully saturated rings. The molecule has 1 aliphatic carbocycles. The normalized spacial score (nSPS) is 36.1. The molecule has 0 aromatic carbocycles. The number of nitrogens with one attached hydrogen (secondary N) is 1. The molecule has 0 radical (unpaired) electrons. The van der Waals surface area contributed by atoms with Crippen LogP contribution in [0.5, 0.6) is 0 Å². The standard InChI is InChI=1S/C17H34N2O/c1-3-18-13-17(8-6-15(2)7-9-17)14-19-10-4-5-16(11-19)12-20/h15-16,18,20H,3-14H2,1-2H3. The van der Waals surface area contributed by atoms with E-state index >= 15 is 0 Å². The van der Waals surface area contributed by atoms with Crippen LogP contribution in [-0.4, -0.2) is 49.3 Å². The molecule has 2 rings (SSSR count). The van der Waals surface area contributed by atoms with Crippen molar-refractivity contribution in [1.29, 1.82) is 0 Å². The van der Waals surface area contributed by atoms with Crippen molar-refractivity contribution in [2.75, 3.05) is 39.3 Å². The number of aliphatic hydroxyl groups is 1. The van der Waals surface area contributed by atoms with Crippen molar-refractivity contribution < 1.29 is 5.11 Å². The lowest BCUT2D eigenvalue weighted by molar-refractivity contribution is 0.0497. The van der Waals surface area contributed by atoms with Gasteiger partial charge in [-0.25, -0.2) is 0 Å². The second kappa shape index (κ2) is 7.77. The summed E-state index contributed by atoms with van der Waals surface area (Å²) < 4.78 is 0. The van der Waals surface area contributed by atoms with E-state index < -0.39 is 0 Å². The summed E-state index contributed by atoms with van der Waals surface area (Å²) in [6, 6.07) is 0. The highest BCUT2D eigenvalue weighted by atomic mass is 16.3. The van der Waals surface area contributed by atoms with E-state index in [9.17, 15) is 5.11 Å². The van der Waals surface area contributed by atoms with Crippen molar-refractivity contribution in [2.45, 2.75) is 52.4 Å². The van der Waals surface area contributed by atoms with Crippen molar-refractivity contribution in [3.8, 4) is 0 Å². The van der Waals surface area contributed by atoms with E-state index in [1.54, 1.807) is 0 Å². The zero-order valence-electron chi connectivity index (χ0n) is 13.5. The molecule has 0 aromatic rings. The molecule has 3 heteroatoms. The fraction of sp³-hybridized carbons (Fsp3) is 1.00. The minimum atomic E-state index is 0.369. The average Bonchev–Trinajstić information content (AvgIpc) is 2.48. The zero-order valence-corrected chi connectivity index (χ0v) is 13.5. The molecule has 2 aliphatic rings. The van der Waals surface area contributed by atoms with Gasteiger partial charge in [0.1, 0.15) is 0 Å². The van der Waals surface area contributed by atoms with Gasteiger partial charge in [0.2, 0.25) is 0 Å². The summed E-state index contributed by atoms with van der Waals surface area (Å²) in [5.41, 5.74) is 0.486. The second-order valence-electron chi connectivity index (χ2n) is 7.39. The number of nitrogens with zero attached hydrogens (tertiary/aromatic N) is 1. The van der Waals surface area contributed by atoms with Gasteiger partial charge in [-0.05, 0) is 56.0 Å². The number of likely N-dealkylation sites (tertiary alicyclic amines) is 1. The van der Waals surface area contributed by atoms with Gasteiger partial charge in [-0.2, -0.15) is 0 Å². The van der Waals surface area contributed by atoms with Crippen LogP contribution >= 0.6 is 0 Å². The summed E-state index contributed by atoms with van der Waals surface area (Å²) >= 11 is 0. The molecular formula is C17H34N2O. The molecule has 1 atom stereocenters. The van der Waals surface area contributed by atoms with Crippen LogP contribution in [0.1, 0.15) is 52.4 Å². The van der Waals surface area contributed by atoms with Gasteiger partial charge in [-0.1, -0.05) is 26.7 Å². The number of hydrogen-bond donors (Lipinski definition) is 2. The Bertz CT molecular complexity index is 269. The molecule has 1 saturated heterocycles. The number of hydrogen-bond acceptors (Lipinski definition) is 3. The maximum Gasteiger partial charge on any atom is 0.0471 e. The van der Waals surface area contributed by atoms with E-state index in [2.05, 4.69) is 24.1 Å². The molecule has 3 nitrogen and oxygen atoms in total. The first-order valence-corrected chi connectivity index (χ1v) is 8.71. The van der Waals surface area contributed by atoms with Crippen LogP contribution < -0.4 is 5.32 Å². The molecule has 1 saturated carbocycles. The summed E-state index contributed by atoms with van der Waals surface area (Å²) in [5.74, 6) is 1.43. The Morgan fingerprint density at radius 3 is 2.65 bits per heavy atom. The molecule has 0 amide bonds. The Morgan fingerprint density at radius 2 is 2.00 bits per heavy atom. The Morgan fingerprint density at radius 1 is 1.25 bits per heavy atom. The van der Waals surface area contributed by atoms with Crippen LogP contribution in [0.3, 0.4) is 0 Å². The number of aliphatic hydroxyl groups excluding tert-OH is 1. The van der Waals surface area contributed by atoms with Crippen LogP contribution in [0, 0.1) is 17.3 Å². The highest BCUT2D eigenvalue weighted by molar-refractivity contribution is 4.90. The van der Waals surface area contributed by atoms with Gasteiger partial charge in [-0.3, -0.25) is 0 Å². The lowest BCUT2D eigenvalue weighted by Gasteiger charge is -2.45. The minimum Gasteiger partial charge on any atom is -0.396 e. The Hall–Kier alpha value is -0.120. The van der Waals surface area contributed by atoms with Crippen molar-refractivity contribution >= 4 is 0 Å². The Labute approximate surface area is 125 Å². The maximum atomic E-state index is 9.42. The van der Waals surface area contributed by atoms with Crippen LogP contribution in [-0.2, 0) is 0 Å². The second-order valence-corrected chi connectivity index (χ2v) is 7.39. The first kappa shape index (κ1) is 16.3. The molecule has 2 N–H and O–H groups in total. The SMILES string of the molecule is CCNCC1(CN2CCCC(CO)C2)CCC(C)CC1. The maximum absolute atomic E-state index is 9.42. The van der Waals surface area contributed by atoms with E-state index in [0.717, 1.165) is 19.0 Å². The van der Waals surface area contributed by atoms with Crippen molar-refractivity contribution in [1.82, 2.24) is 10.2 Å². The summed E-state index contributed by atoms with van der Waals surface area (Å²) in [6.07, 6.45) is 8.01. The smallest absolute Gasteiger partial charge is 0.0471 e. The van der Waals surface area contributed by atoms with Gasteiger partial charge in [0.15, 0.2) is 0 Å². The van der Waals surface area contributed by atoms with Gasteiger partial charge in [-0.15, -0.1) is 0 Å². The Balaban J connectivity index is 1.92. The van der Waals surface area contributed by atoms with E-state index in [1.807, 2.05) is 0 Å². The summed E-state index contributed by atoms with van der Waals surface area (Å²) in [5, 5.41) is 13.0.